The molecule has 1 fully saturated rings. The van der Waals surface area contributed by atoms with E-state index in [1.165, 1.54) is 6.20 Å². The molecule has 0 aliphatic heterocycles. The first-order valence-corrected chi connectivity index (χ1v) is 9.03. The third-order valence-electron chi connectivity index (χ3n) is 4.85. The van der Waals surface area contributed by atoms with Gasteiger partial charge in [-0.25, -0.2) is 4.98 Å². The van der Waals surface area contributed by atoms with E-state index in [2.05, 4.69) is 20.6 Å². The van der Waals surface area contributed by atoms with Gasteiger partial charge < -0.3 is 26.8 Å². The van der Waals surface area contributed by atoms with Crippen LogP contribution in [0, 0.1) is 6.92 Å². The SMILES string of the molecule is CO[C@H]1CCC[C@@H](Nc2ncc(C(N)=O)c(Nc3cccc(C)c3)n2)[C@H]1N. The van der Waals surface area contributed by atoms with Crippen LogP contribution in [0.3, 0.4) is 0 Å². The third kappa shape index (κ3) is 4.53. The first-order valence-electron chi connectivity index (χ1n) is 9.03. The van der Waals surface area contributed by atoms with Crippen molar-refractivity contribution in [3.63, 3.8) is 0 Å². The second kappa shape index (κ2) is 8.32. The fraction of sp³-hybridized carbons (Fsp3) is 0.421. The fourth-order valence-corrected chi connectivity index (χ4v) is 3.38. The number of aromatic nitrogens is 2. The summed E-state index contributed by atoms with van der Waals surface area (Å²) in [7, 11) is 1.68. The summed E-state index contributed by atoms with van der Waals surface area (Å²) < 4.78 is 5.46. The molecule has 27 heavy (non-hydrogen) atoms. The van der Waals surface area contributed by atoms with Crippen LogP contribution in [0.4, 0.5) is 17.5 Å². The smallest absolute Gasteiger partial charge is 0.254 e. The van der Waals surface area contributed by atoms with Gasteiger partial charge in [-0.1, -0.05) is 12.1 Å². The Labute approximate surface area is 158 Å². The van der Waals surface area contributed by atoms with Gasteiger partial charge >= 0.3 is 0 Å². The molecule has 1 aliphatic carbocycles. The van der Waals surface area contributed by atoms with Gasteiger partial charge in [0.05, 0.1) is 12.1 Å². The van der Waals surface area contributed by atoms with E-state index in [4.69, 9.17) is 16.2 Å². The van der Waals surface area contributed by atoms with Crippen molar-refractivity contribution < 1.29 is 9.53 Å². The average molecular weight is 370 g/mol. The van der Waals surface area contributed by atoms with Gasteiger partial charge in [0.1, 0.15) is 11.4 Å². The van der Waals surface area contributed by atoms with E-state index in [9.17, 15) is 4.79 Å². The Morgan fingerprint density at radius 1 is 1.33 bits per heavy atom. The molecular weight excluding hydrogens is 344 g/mol. The molecule has 0 saturated heterocycles. The maximum absolute atomic E-state index is 11.8. The molecule has 1 aromatic carbocycles. The second-order valence-corrected chi connectivity index (χ2v) is 6.85. The lowest BCUT2D eigenvalue weighted by Gasteiger charge is -2.35. The molecule has 1 aliphatic rings. The minimum atomic E-state index is -0.592. The van der Waals surface area contributed by atoms with Crippen LogP contribution < -0.4 is 22.1 Å². The average Bonchev–Trinajstić information content (AvgIpc) is 2.63. The number of rotatable bonds is 6. The highest BCUT2D eigenvalue weighted by atomic mass is 16.5. The molecular formula is C19H26N6O2. The van der Waals surface area contributed by atoms with Gasteiger partial charge in [-0.05, 0) is 43.9 Å². The number of nitrogens with two attached hydrogens (primary N) is 2. The number of nitrogens with one attached hydrogen (secondary N) is 2. The van der Waals surface area contributed by atoms with Gasteiger partial charge in [0, 0.05) is 25.0 Å². The number of carbonyl (C=O) groups is 1. The molecule has 0 unspecified atom stereocenters. The van der Waals surface area contributed by atoms with Crippen molar-refractivity contribution in [1.29, 1.82) is 0 Å². The highest BCUT2D eigenvalue weighted by molar-refractivity contribution is 5.98. The largest absolute Gasteiger partial charge is 0.380 e. The minimum Gasteiger partial charge on any atom is -0.380 e. The second-order valence-electron chi connectivity index (χ2n) is 6.85. The zero-order chi connectivity index (χ0) is 19.4. The van der Waals surface area contributed by atoms with E-state index in [0.29, 0.717) is 11.8 Å². The van der Waals surface area contributed by atoms with Gasteiger partial charge in [0.2, 0.25) is 5.95 Å². The van der Waals surface area contributed by atoms with Crippen LogP contribution in [-0.4, -0.2) is 41.2 Å². The molecule has 1 aromatic heterocycles. The molecule has 0 spiro atoms. The Bertz CT molecular complexity index is 813. The molecule has 6 N–H and O–H groups in total. The zero-order valence-electron chi connectivity index (χ0n) is 15.6. The van der Waals surface area contributed by atoms with Crippen LogP contribution in [0.25, 0.3) is 0 Å². The predicted molar refractivity (Wildman–Crippen MR) is 105 cm³/mol. The number of methoxy groups -OCH3 is 1. The Kier molecular flexibility index (Phi) is 5.88. The van der Waals surface area contributed by atoms with E-state index in [0.717, 1.165) is 30.5 Å². The third-order valence-corrected chi connectivity index (χ3v) is 4.85. The highest BCUT2D eigenvalue weighted by Crippen LogP contribution is 2.24. The lowest BCUT2D eigenvalue weighted by Crippen LogP contribution is -2.52. The monoisotopic (exact) mass is 370 g/mol. The molecule has 1 saturated carbocycles. The topological polar surface area (TPSA) is 128 Å². The normalized spacial score (nSPS) is 22.3. The van der Waals surface area contributed by atoms with E-state index in [1.54, 1.807) is 7.11 Å². The number of primary amides is 1. The number of hydrogen-bond donors (Lipinski definition) is 4. The molecule has 3 rings (SSSR count). The summed E-state index contributed by atoms with van der Waals surface area (Å²) in [4.78, 5) is 20.5. The van der Waals surface area contributed by atoms with Gasteiger partial charge in [0.15, 0.2) is 0 Å². The summed E-state index contributed by atoms with van der Waals surface area (Å²) in [6, 6.07) is 7.61. The minimum absolute atomic E-state index is 0.00468. The summed E-state index contributed by atoms with van der Waals surface area (Å²) in [6.45, 7) is 1.99. The Morgan fingerprint density at radius 2 is 2.15 bits per heavy atom. The molecule has 144 valence electrons. The Morgan fingerprint density at radius 3 is 2.85 bits per heavy atom. The van der Waals surface area contributed by atoms with Crippen LogP contribution in [0.1, 0.15) is 35.2 Å². The Hall–Kier alpha value is -2.71. The Balaban J connectivity index is 1.83. The van der Waals surface area contributed by atoms with Crippen LogP contribution in [0.15, 0.2) is 30.5 Å². The number of anilines is 3. The number of carbonyl (C=O) groups excluding carboxylic acids is 1. The first kappa shape index (κ1) is 19.1. The first-order chi connectivity index (χ1) is 13.0. The van der Waals surface area contributed by atoms with Crippen molar-refractivity contribution in [2.24, 2.45) is 11.5 Å². The summed E-state index contributed by atoms with van der Waals surface area (Å²) in [5.74, 6) is 0.163. The number of benzene rings is 1. The molecule has 8 nitrogen and oxygen atoms in total. The zero-order valence-corrected chi connectivity index (χ0v) is 15.6. The van der Waals surface area contributed by atoms with E-state index in [-0.39, 0.29) is 23.8 Å². The van der Waals surface area contributed by atoms with Gasteiger partial charge in [-0.3, -0.25) is 4.79 Å². The van der Waals surface area contributed by atoms with Crippen LogP contribution in [0.2, 0.25) is 0 Å². The van der Waals surface area contributed by atoms with Crippen LogP contribution >= 0.6 is 0 Å². The maximum atomic E-state index is 11.8. The van der Waals surface area contributed by atoms with Crippen molar-refractivity contribution in [2.75, 3.05) is 17.7 Å². The van der Waals surface area contributed by atoms with Crippen molar-refractivity contribution >= 4 is 23.4 Å². The van der Waals surface area contributed by atoms with E-state index in [1.807, 2.05) is 31.2 Å². The quantitative estimate of drug-likeness (QED) is 0.611. The standard InChI is InChI=1S/C19H26N6O2/c1-11-5-3-6-12(9-11)23-18-13(17(21)26)10-22-19(25-18)24-14-7-4-8-15(27-2)16(14)20/h3,5-6,9-10,14-16H,4,7-8,20H2,1-2H3,(H2,21,26)(H2,22,23,24,25)/t14-,15+,16-/m1/s1. The predicted octanol–water partition coefficient (Wildman–Crippen LogP) is 1.93. The summed E-state index contributed by atoms with van der Waals surface area (Å²) in [6.07, 6.45) is 4.29. The van der Waals surface area contributed by atoms with Crippen molar-refractivity contribution in [1.82, 2.24) is 9.97 Å². The lowest BCUT2D eigenvalue weighted by molar-refractivity contribution is 0.0498. The van der Waals surface area contributed by atoms with Crippen LogP contribution in [-0.2, 0) is 4.74 Å². The van der Waals surface area contributed by atoms with Crippen molar-refractivity contribution in [3.8, 4) is 0 Å². The summed E-state index contributed by atoms with van der Waals surface area (Å²) >= 11 is 0. The van der Waals surface area contributed by atoms with E-state index >= 15 is 0 Å². The number of aryl methyl sites for hydroxylation is 1. The molecule has 1 heterocycles. The van der Waals surface area contributed by atoms with Gasteiger partial charge in [0.25, 0.3) is 5.91 Å². The number of amides is 1. The lowest BCUT2D eigenvalue weighted by atomic mass is 9.88. The van der Waals surface area contributed by atoms with Crippen LogP contribution in [0.5, 0.6) is 0 Å². The number of nitrogens with zero attached hydrogens (tertiary/aromatic N) is 2. The van der Waals surface area contributed by atoms with Gasteiger partial charge in [-0.15, -0.1) is 0 Å². The fourth-order valence-electron chi connectivity index (χ4n) is 3.38. The summed E-state index contributed by atoms with van der Waals surface area (Å²) in [5, 5.41) is 6.43. The molecule has 3 atom stereocenters. The number of hydrogen-bond acceptors (Lipinski definition) is 7. The number of ether oxygens (including phenoxy) is 1. The molecule has 1 amide bonds. The van der Waals surface area contributed by atoms with E-state index < -0.39 is 5.91 Å². The molecule has 2 aromatic rings. The molecule has 0 bridgehead atoms. The summed E-state index contributed by atoms with van der Waals surface area (Å²) in [5.41, 5.74) is 13.9. The van der Waals surface area contributed by atoms with Crippen molar-refractivity contribution in [3.05, 3.63) is 41.6 Å². The maximum Gasteiger partial charge on any atom is 0.254 e. The molecule has 0 radical (unpaired) electrons. The highest BCUT2D eigenvalue weighted by Gasteiger charge is 2.31. The molecule has 8 heteroatoms. The van der Waals surface area contributed by atoms with Gasteiger partial charge in [-0.2, -0.15) is 4.98 Å². The van der Waals surface area contributed by atoms with Crippen molar-refractivity contribution in [2.45, 2.75) is 44.4 Å².